The number of methoxy groups -OCH3 is 1. The average molecular weight is 420 g/mol. The first-order valence-corrected chi connectivity index (χ1v) is 9.24. The molecule has 1 amide bonds. The number of nitrogens with one attached hydrogen (secondary N) is 1. The topological polar surface area (TPSA) is 81.9 Å². The monoisotopic (exact) mass is 419 g/mol. The fourth-order valence-electron chi connectivity index (χ4n) is 3.22. The van der Waals surface area contributed by atoms with Gasteiger partial charge in [-0.2, -0.15) is 4.68 Å². The van der Waals surface area contributed by atoms with E-state index in [0.29, 0.717) is 27.2 Å². The van der Waals surface area contributed by atoms with E-state index in [4.69, 9.17) is 27.9 Å². The molecule has 0 radical (unpaired) electrons. The zero-order valence-electron chi connectivity index (χ0n) is 15.8. The van der Waals surface area contributed by atoms with Gasteiger partial charge in [-0.05, 0) is 47.5 Å². The molecule has 146 valence electrons. The minimum absolute atomic E-state index is 0.296. The summed E-state index contributed by atoms with van der Waals surface area (Å²) in [7, 11) is 3.02. The molecule has 1 aromatic heterocycles. The molecule has 1 unspecified atom stereocenters. The van der Waals surface area contributed by atoms with E-state index in [2.05, 4.69) is 20.8 Å². The second-order valence-corrected chi connectivity index (χ2v) is 7.09. The number of hydrogen-bond donors (Lipinski definition) is 1. The van der Waals surface area contributed by atoms with E-state index in [1.165, 1.54) is 7.11 Å². The first-order chi connectivity index (χ1) is 13.4. The summed E-state index contributed by atoms with van der Waals surface area (Å²) in [5, 5.41) is 15.4. The van der Waals surface area contributed by atoms with Gasteiger partial charge in [0, 0.05) is 17.6 Å². The molecule has 2 aromatic carbocycles. The summed E-state index contributed by atoms with van der Waals surface area (Å²) in [6.07, 6.45) is 0. The molecule has 0 fully saturated rings. The normalized spacial score (nSPS) is 11.9. The van der Waals surface area contributed by atoms with Gasteiger partial charge < -0.3 is 10.1 Å². The SMILES string of the molecule is CNC(=O)C(c1cc(Cl)cc(Cl)c1OC)c1nnnn1-c1c(C)cccc1C. The Morgan fingerprint density at radius 1 is 1.21 bits per heavy atom. The molecular weight excluding hydrogens is 401 g/mol. The predicted octanol–water partition coefficient (Wildman–Crippen LogP) is 3.47. The van der Waals surface area contributed by atoms with Gasteiger partial charge in [0.15, 0.2) is 5.82 Å². The number of hydrogen-bond acceptors (Lipinski definition) is 5. The molecule has 1 heterocycles. The van der Waals surface area contributed by atoms with E-state index in [1.54, 1.807) is 23.9 Å². The third kappa shape index (κ3) is 3.55. The number of carbonyl (C=O) groups excluding carboxylic acids is 1. The van der Waals surface area contributed by atoms with Crippen molar-refractivity contribution in [3.05, 3.63) is 62.9 Å². The van der Waals surface area contributed by atoms with Crippen molar-refractivity contribution in [3.63, 3.8) is 0 Å². The van der Waals surface area contributed by atoms with Crippen LogP contribution in [0.25, 0.3) is 5.69 Å². The minimum Gasteiger partial charge on any atom is -0.495 e. The van der Waals surface area contributed by atoms with Crippen LogP contribution in [0.5, 0.6) is 5.75 Å². The van der Waals surface area contributed by atoms with Crippen molar-refractivity contribution in [1.82, 2.24) is 25.5 Å². The van der Waals surface area contributed by atoms with Crippen LogP contribution in [0.1, 0.15) is 28.4 Å². The van der Waals surface area contributed by atoms with Crippen molar-refractivity contribution in [2.24, 2.45) is 0 Å². The molecule has 0 saturated carbocycles. The number of likely N-dealkylation sites (N-methyl/N-ethyl adjacent to an activating group) is 1. The lowest BCUT2D eigenvalue weighted by Crippen LogP contribution is -2.29. The van der Waals surface area contributed by atoms with E-state index in [-0.39, 0.29) is 5.91 Å². The first kappa shape index (κ1) is 20.1. The Morgan fingerprint density at radius 3 is 2.50 bits per heavy atom. The number of benzene rings is 2. The standard InChI is InChI=1S/C19H19Cl2N5O2/c1-10-6-5-7-11(2)16(10)26-18(23-24-25-26)15(19(27)22-3)13-8-12(20)9-14(21)17(13)28-4/h5-9,15H,1-4H3,(H,22,27). The summed E-state index contributed by atoms with van der Waals surface area (Å²) < 4.78 is 7.02. The summed E-state index contributed by atoms with van der Waals surface area (Å²) in [5.74, 6) is -0.534. The molecule has 0 saturated heterocycles. The molecule has 1 atom stereocenters. The second kappa shape index (κ2) is 8.16. The molecule has 9 heteroatoms. The zero-order chi connectivity index (χ0) is 20.4. The fourth-order valence-corrected chi connectivity index (χ4v) is 3.81. The maximum absolute atomic E-state index is 12.9. The largest absolute Gasteiger partial charge is 0.495 e. The highest BCUT2D eigenvalue weighted by Crippen LogP contribution is 2.39. The molecule has 0 spiro atoms. The Kier molecular flexibility index (Phi) is 5.86. The van der Waals surface area contributed by atoms with Gasteiger partial charge in [-0.1, -0.05) is 41.4 Å². The number of aryl methyl sites for hydroxylation is 2. The van der Waals surface area contributed by atoms with Crippen molar-refractivity contribution in [1.29, 1.82) is 0 Å². The van der Waals surface area contributed by atoms with Crippen molar-refractivity contribution in [3.8, 4) is 11.4 Å². The molecule has 0 aliphatic carbocycles. The van der Waals surface area contributed by atoms with Crippen LogP contribution in [0, 0.1) is 13.8 Å². The Balaban J connectivity index is 2.29. The van der Waals surface area contributed by atoms with Crippen molar-refractivity contribution in [2.45, 2.75) is 19.8 Å². The summed E-state index contributed by atoms with van der Waals surface area (Å²) in [4.78, 5) is 12.9. The number of para-hydroxylation sites is 1. The van der Waals surface area contributed by atoms with Crippen LogP contribution in [0.3, 0.4) is 0 Å². The lowest BCUT2D eigenvalue weighted by molar-refractivity contribution is -0.121. The highest BCUT2D eigenvalue weighted by atomic mass is 35.5. The third-order valence-corrected chi connectivity index (χ3v) is 4.96. The summed E-state index contributed by atoms with van der Waals surface area (Å²) in [6, 6.07) is 9.06. The average Bonchev–Trinajstić information content (AvgIpc) is 3.10. The van der Waals surface area contributed by atoms with Crippen LogP contribution in [0.15, 0.2) is 30.3 Å². The van der Waals surface area contributed by atoms with E-state index in [0.717, 1.165) is 16.8 Å². The molecular formula is C19H19Cl2N5O2. The number of ether oxygens (including phenoxy) is 1. The van der Waals surface area contributed by atoms with Crippen LogP contribution >= 0.6 is 23.2 Å². The molecule has 3 aromatic rings. The maximum atomic E-state index is 12.9. The van der Waals surface area contributed by atoms with Gasteiger partial charge in [-0.3, -0.25) is 4.79 Å². The molecule has 0 aliphatic rings. The van der Waals surface area contributed by atoms with Gasteiger partial charge in [0.25, 0.3) is 0 Å². The quantitative estimate of drug-likeness (QED) is 0.684. The zero-order valence-corrected chi connectivity index (χ0v) is 17.3. The molecule has 3 rings (SSSR count). The number of halogens is 2. The van der Waals surface area contributed by atoms with Gasteiger partial charge in [-0.15, -0.1) is 5.10 Å². The van der Waals surface area contributed by atoms with Gasteiger partial charge in [0.1, 0.15) is 11.7 Å². The number of aromatic nitrogens is 4. The third-order valence-electron chi connectivity index (χ3n) is 4.46. The van der Waals surface area contributed by atoms with E-state index < -0.39 is 5.92 Å². The van der Waals surface area contributed by atoms with Crippen LogP contribution in [0.4, 0.5) is 0 Å². The van der Waals surface area contributed by atoms with E-state index in [9.17, 15) is 4.79 Å². The fraction of sp³-hybridized carbons (Fsp3) is 0.263. The molecule has 28 heavy (non-hydrogen) atoms. The predicted molar refractivity (Wildman–Crippen MR) is 108 cm³/mol. The Hall–Kier alpha value is -2.64. The second-order valence-electron chi connectivity index (χ2n) is 6.25. The highest BCUT2D eigenvalue weighted by molar-refractivity contribution is 6.35. The number of nitrogens with zero attached hydrogens (tertiary/aromatic N) is 4. The Bertz CT molecular complexity index is 1010. The van der Waals surface area contributed by atoms with Crippen molar-refractivity contribution in [2.75, 3.05) is 14.2 Å². The van der Waals surface area contributed by atoms with E-state index >= 15 is 0 Å². The van der Waals surface area contributed by atoms with Crippen LogP contribution < -0.4 is 10.1 Å². The Morgan fingerprint density at radius 2 is 1.89 bits per heavy atom. The van der Waals surface area contributed by atoms with Crippen molar-refractivity contribution >= 4 is 29.1 Å². The number of rotatable bonds is 5. The van der Waals surface area contributed by atoms with Gasteiger partial charge in [0.05, 0.1) is 17.8 Å². The van der Waals surface area contributed by atoms with Gasteiger partial charge in [0.2, 0.25) is 5.91 Å². The molecule has 7 nitrogen and oxygen atoms in total. The summed E-state index contributed by atoms with van der Waals surface area (Å²) in [5.41, 5.74) is 3.23. The Labute approximate surface area is 172 Å². The van der Waals surface area contributed by atoms with Gasteiger partial charge >= 0.3 is 0 Å². The number of carbonyl (C=O) groups is 1. The smallest absolute Gasteiger partial charge is 0.235 e. The lowest BCUT2D eigenvalue weighted by Gasteiger charge is -2.20. The highest BCUT2D eigenvalue weighted by Gasteiger charge is 2.33. The van der Waals surface area contributed by atoms with Crippen LogP contribution in [-0.4, -0.2) is 40.3 Å². The molecule has 1 N–H and O–H groups in total. The van der Waals surface area contributed by atoms with E-state index in [1.807, 2.05) is 32.0 Å². The molecule has 0 bridgehead atoms. The number of tetrazole rings is 1. The van der Waals surface area contributed by atoms with Crippen LogP contribution in [-0.2, 0) is 4.79 Å². The minimum atomic E-state index is -0.884. The summed E-state index contributed by atoms with van der Waals surface area (Å²) in [6.45, 7) is 3.92. The number of amides is 1. The van der Waals surface area contributed by atoms with Gasteiger partial charge in [-0.25, -0.2) is 0 Å². The first-order valence-electron chi connectivity index (χ1n) is 8.48. The van der Waals surface area contributed by atoms with Crippen molar-refractivity contribution < 1.29 is 9.53 Å². The molecule has 0 aliphatic heterocycles. The lowest BCUT2D eigenvalue weighted by atomic mass is 9.95. The maximum Gasteiger partial charge on any atom is 0.235 e. The summed E-state index contributed by atoms with van der Waals surface area (Å²) >= 11 is 12.5. The van der Waals surface area contributed by atoms with Crippen LogP contribution in [0.2, 0.25) is 10.0 Å².